The quantitative estimate of drug-likeness (QED) is 0.776. The van der Waals surface area contributed by atoms with E-state index in [-0.39, 0.29) is 5.91 Å². The molecule has 0 bridgehead atoms. The summed E-state index contributed by atoms with van der Waals surface area (Å²) >= 11 is 0. The number of amides is 1. The highest BCUT2D eigenvalue weighted by Crippen LogP contribution is 2.44. The molecule has 0 aromatic carbocycles. The molecule has 1 N–H and O–H groups in total. The molecular weight excluding hydrogens is 316 g/mol. The lowest BCUT2D eigenvalue weighted by molar-refractivity contribution is 0.0945. The van der Waals surface area contributed by atoms with E-state index in [1.807, 2.05) is 29.7 Å². The minimum absolute atomic E-state index is 0.181. The number of rotatable bonds is 5. The number of nitrogens with zero attached hydrogens (tertiary/aromatic N) is 5. The fourth-order valence-corrected chi connectivity index (χ4v) is 3.25. The molecule has 0 unspecified atom stereocenters. The fraction of sp³-hybridized carbons (Fsp3) is 0.444. The van der Waals surface area contributed by atoms with Crippen LogP contribution in [0, 0.1) is 6.92 Å². The van der Waals surface area contributed by atoms with E-state index in [0.29, 0.717) is 24.2 Å². The van der Waals surface area contributed by atoms with E-state index in [2.05, 4.69) is 25.1 Å². The van der Waals surface area contributed by atoms with Crippen LogP contribution in [0.25, 0.3) is 5.65 Å². The zero-order valence-electron chi connectivity index (χ0n) is 14.1. The Labute approximate surface area is 145 Å². The zero-order chi connectivity index (χ0) is 17.0. The van der Waals surface area contributed by atoms with Gasteiger partial charge in [-0.15, -0.1) is 10.2 Å². The van der Waals surface area contributed by atoms with Crippen LogP contribution >= 0.6 is 0 Å². The van der Waals surface area contributed by atoms with Crippen molar-refractivity contribution in [1.29, 1.82) is 0 Å². The third-order valence-corrected chi connectivity index (χ3v) is 4.90. The number of hydrogen-bond acceptors (Lipinski definition) is 4. The lowest BCUT2D eigenvalue weighted by atomic mass is 10.3. The zero-order valence-corrected chi connectivity index (χ0v) is 14.1. The Morgan fingerprint density at radius 2 is 2.12 bits per heavy atom. The molecule has 3 aromatic heterocycles. The first-order valence-electron chi connectivity index (χ1n) is 8.86. The van der Waals surface area contributed by atoms with Gasteiger partial charge in [0.25, 0.3) is 5.91 Å². The highest BCUT2D eigenvalue weighted by molar-refractivity contribution is 5.92. The summed E-state index contributed by atoms with van der Waals surface area (Å²) in [6.45, 7) is 2.40. The smallest absolute Gasteiger partial charge is 0.271 e. The number of fused-ring (bicyclic) bond motifs is 1. The summed E-state index contributed by atoms with van der Waals surface area (Å²) in [6, 6.07) is 4.48. The van der Waals surface area contributed by atoms with Crippen LogP contribution in [0.2, 0.25) is 0 Å². The predicted molar refractivity (Wildman–Crippen MR) is 91.4 cm³/mol. The van der Waals surface area contributed by atoms with Crippen molar-refractivity contribution in [3.05, 3.63) is 47.4 Å². The summed E-state index contributed by atoms with van der Waals surface area (Å²) in [5, 5.41) is 11.7. The maximum atomic E-state index is 12.5. The largest absolute Gasteiger partial charge is 0.343 e. The van der Waals surface area contributed by atoms with E-state index in [0.717, 1.165) is 22.9 Å². The number of aromatic nitrogens is 5. The van der Waals surface area contributed by atoms with Gasteiger partial charge >= 0.3 is 0 Å². The van der Waals surface area contributed by atoms with Gasteiger partial charge in [-0.05, 0) is 50.3 Å². The number of pyridine rings is 1. The summed E-state index contributed by atoms with van der Waals surface area (Å²) in [5.41, 5.74) is 2.32. The number of carbonyl (C=O) groups excluding carboxylic acids is 1. The van der Waals surface area contributed by atoms with E-state index in [1.54, 1.807) is 6.20 Å². The van der Waals surface area contributed by atoms with E-state index < -0.39 is 0 Å². The van der Waals surface area contributed by atoms with Crippen molar-refractivity contribution in [2.24, 2.45) is 0 Å². The fourth-order valence-electron chi connectivity index (χ4n) is 3.25. The van der Waals surface area contributed by atoms with Crippen molar-refractivity contribution in [1.82, 2.24) is 29.5 Å². The number of nitrogens with one attached hydrogen (secondary N) is 1. The third-order valence-electron chi connectivity index (χ3n) is 4.90. The number of carbonyl (C=O) groups is 1. The van der Waals surface area contributed by atoms with Crippen LogP contribution in [-0.4, -0.2) is 30.1 Å². The van der Waals surface area contributed by atoms with Gasteiger partial charge in [-0.3, -0.25) is 4.79 Å². The molecule has 3 heterocycles. The van der Waals surface area contributed by atoms with Gasteiger partial charge in [0.15, 0.2) is 5.82 Å². The van der Waals surface area contributed by atoms with Gasteiger partial charge in [-0.25, -0.2) is 4.98 Å². The summed E-state index contributed by atoms with van der Waals surface area (Å²) in [7, 11) is 0. The molecule has 25 heavy (non-hydrogen) atoms. The molecule has 7 nitrogen and oxygen atoms in total. The Bertz CT molecular complexity index is 963. The Hall–Kier alpha value is -2.70. The molecule has 2 aliphatic rings. The van der Waals surface area contributed by atoms with Crippen LogP contribution in [0.15, 0.2) is 24.5 Å². The molecular formula is C18H20N6O. The maximum Gasteiger partial charge on any atom is 0.271 e. The van der Waals surface area contributed by atoms with Crippen LogP contribution in [0.5, 0.6) is 0 Å². The molecule has 3 aromatic rings. The molecule has 5 rings (SSSR count). The first kappa shape index (κ1) is 14.6. The Balaban J connectivity index is 1.34. The second-order valence-corrected chi connectivity index (χ2v) is 7.13. The second kappa shape index (κ2) is 5.40. The van der Waals surface area contributed by atoms with Crippen LogP contribution < -0.4 is 5.32 Å². The third kappa shape index (κ3) is 2.69. The molecule has 0 radical (unpaired) electrons. The molecule has 0 saturated heterocycles. The van der Waals surface area contributed by atoms with E-state index in [4.69, 9.17) is 0 Å². The van der Waals surface area contributed by atoms with Gasteiger partial charge in [0.05, 0.1) is 6.54 Å². The minimum atomic E-state index is -0.181. The topological polar surface area (TPSA) is 77.1 Å². The van der Waals surface area contributed by atoms with Gasteiger partial charge < -0.3 is 14.3 Å². The monoisotopic (exact) mass is 336 g/mol. The van der Waals surface area contributed by atoms with Gasteiger partial charge in [-0.1, -0.05) is 0 Å². The first-order chi connectivity index (χ1) is 12.2. The van der Waals surface area contributed by atoms with Crippen molar-refractivity contribution in [3.8, 4) is 0 Å². The lowest BCUT2D eigenvalue weighted by Crippen LogP contribution is -2.25. The van der Waals surface area contributed by atoms with Gasteiger partial charge in [0.1, 0.15) is 17.2 Å². The van der Waals surface area contributed by atoms with Crippen molar-refractivity contribution < 1.29 is 4.79 Å². The second-order valence-electron chi connectivity index (χ2n) is 7.13. The van der Waals surface area contributed by atoms with Crippen molar-refractivity contribution >= 4 is 11.6 Å². The molecule has 0 spiro atoms. The van der Waals surface area contributed by atoms with Gasteiger partial charge in [0, 0.05) is 24.4 Å². The van der Waals surface area contributed by atoms with E-state index in [9.17, 15) is 4.79 Å². The normalized spacial score (nSPS) is 17.2. The highest BCUT2D eigenvalue weighted by atomic mass is 16.1. The number of aryl methyl sites for hydroxylation is 1. The Kier molecular flexibility index (Phi) is 3.16. The molecule has 128 valence electrons. The summed E-state index contributed by atoms with van der Waals surface area (Å²) in [4.78, 5) is 16.9. The van der Waals surface area contributed by atoms with Crippen LogP contribution in [0.4, 0.5) is 0 Å². The van der Waals surface area contributed by atoms with Crippen molar-refractivity contribution in [2.75, 3.05) is 0 Å². The Morgan fingerprint density at radius 1 is 1.28 bits per heavy atom. The highest BCUT2D eigenvalue weighted by Gasteiger charge is 2.36. The van der Waals surface area contributed by atoms with E-state index >= 15 is 0 Å². The predicted octanol–water partition coefficient (Wildman–Crippen LogP) is 2.38. The SMILES string of the molecule is Cc1ccn2cc(C(=O)NCc3nnc(C4CC4)n3C3CC3)nc2c1. The molecule has 2 saturated carbocycles. The van der Waals surface area contributed by atoms with Crippen LogP contribution in [0.3, 0.4) is 0 Å². The summed E-state index contributed by atoms with van der Waals surface area (Å²) in [6.07, 6.45) is 8.45. The maximum absolute atomic E-state index is 12.5. The molecule has 7 heteroatoms. The molecule has 1 amide bonds. The number of hydrogen-bond donors (Lipinski definition) is 1. The van der Waals surface area contributed by atoms with Crippen LogP contribution in [-0.2, 0) is 6.54 Å². The van der Waals surface area contributed by atoms with Crippen molar-refractivity contribution in [2.45, 2.75) is 51.1 Å². The standard InChI is InChI=1S/C18H20N6O/c1-11-6-7-23-10-14(20-15(23)8-11)18(25)19-9-16-21-22-17(12-2-3-12)24(16)13-4-5-13/h6-8,10,12-13H,2-5,9H2,1H3,(H,19,25). The van der Waals surface area contributed by atoms with Crippen LogP contribution in [0.1, 0.15) is 65.3 Å². The first-order valence-corrected chi connectivity index (χ1v) is 8.86. The Morgan fingerprint density at radius 3 is 2.88 bits per heavy atom. The van der Waals surface area contributed by atoms with Crippen molar-refractivity contribution in [3.63, 3.8) is 0 Å². The molecule has 0 aliphatic heterocycles. The van der Waals surface area contributed by atoms with E-state index in [1.165, 1.54) is 25.7 Å². The molecule has 0 atom stereocenters. The van der Waals surface area contributed by atoms with Gasteiger partial charge in [-0.2, -0.15) is 0 Å². The lowest BCUT2D eigenvalue weighted by Gasteiger charge is -2.08. The molecule has 2 aliphatic carbocycles. The average molecular weight is 336 g/mol. The molecule has 2 fully saturated rings. The number of imidazole rings is 1. The summed E-state index contributed by atoms with van der Waals surface area (Å²) < 4.78 is 4.12. The average Bonchev–Trinajstić information content (AvgIpc) is 3.53. The summed E-state index contributed by atoms with van der Waals surface area (Å²) in [5.74, 6) is 2.35. The van der Waals surface area contributed by atoms with Gasteiger partial charge in [0.2, 0.25) is 0 Å². The minimum Gasteiger partial charge on any atom is -0.343 e.